The van der Waals surface area contributed by atoms with E-state index in [-0.39, 0.29) is 23.6 Å². The summed E-state index contributed by atoms with van der Waals surface area (Å²) in [6, 6.07) is 0.323. The van der Waals surface area contributed by atoms with Crippen LogP contribution in [0.5, 0.6) is 0 Å². The minimum Gasteiger partial charge on any atom is -0.477 e. The van der Waals surface area contributed by atoms with E-state index < -0.39 is 18.0 Å². The third-order valence-corrected chi connectivity index (χ3v) is 7.22. The third kappa shape index (κ3) is 2.57. The summed E-state index contributed by atoms with van der Waals surface area (Å²) in [5.41, 5.74) is 0.141. The van der Waals surface area contributed by atoms with Crippen molar-refractivity contribution in [3.8, 4) is 0 Å². The highest BCUT2D eigenvalue weighted by Crippen LogP contribution is 2.52. The minimum absolute atomic E-state index is 0.0376. The SMILES string of the molecule is CC[C@@H]1C[C@H](SC2=C(C(=O)O)N3C(=O)[C@H]([C@@H](C)O)[C@H]3[C@H]2C)CN1C. The molecule has 0 saturated carbocycles. The highest BCUT2D eigenvalue weighted by Gasteiger charge is 2.60. The second kappa shape index (κ2) is 6.35. The van der Waals surface area contributed by atoms with Gasteiger partial charge in [-0.1, -0.05) is 13.8 Å². The van der Waals surface area contributed by atoms with Crippen LogP contribution in [0.4, 0.5) is 0 Å². The third-order valence-electron chi connectivity index (χ3n) is 5.73. The largest absolute Gasteiger partial charge is 0.477 e. The van der Waals surface area contributed by atoms with Gasteiger partial charge in [0.25, 0.3) is 0 Å². The summed E-state index contributed by atoms with van der Waals surface area (Å²) in [5.74, 6) is -1.82. The number of carboxylic acids is 1. The molecule has 3 heterocycles. The quantitative estimate of drug-likeness (QED) is 0.726. The Morgan fingerprint density at radius 1 is 1.46 bits per heavy atom. The Bertz CT molecular complexity index is 591. The summed E-state index contributed by atoms with van der Waals surface area (Å²) in [4.78, 5) is 28.7. The summed E-state index contributed by atoms with van der Waals surface area (Å²) in [5, 5.41) is 19.9. The summed E-state index contributed by atoms with van der Waals surface area (Å²) in [6.45, 7) is 6.70. The smallest absolute Gasteiger partial charge is 0.353 e. The van der Waals surface area contributed by atoms with Crippen LogP contribution in [0.2, 0.25) is 0 Å². The number of carbonyl (C=O) groups is 2. The summed E-state index contributed by atoms with van der Waals surface area (Å²) in [6.07, 6.45) is 1.38. The van der Waals surface area contributed by atoms with Gasteiger partial charge in [0, 0.05) is 28.7 Å². The van der Waals surface area contributed by atoms with Gasteiger partial charge < -0.3 is 20.0 Å². The zero-order valence-corrected chi connectivity index (χ0v) is 15.4. The van der Waals surface area contributed by atoms with Crippen LogP contribution in [-0.4, -0.2) is 68.9 Å². The number of hydrogen-bond acceptors (Lipinski definition) is 5. The van der Waals surface area contributed by atoms with Crippen molar-refractivity contribution in [3.63, 3.8) is 0 Å². The van der Waals surface area contributed by atoms with Crippen molar-refractivity contribution in [2.45, 2.75) is 57.1 Å². The normalized spacial score (nSPS) is 37.6. The Morgan fingerprint density at radius 2 is 2.12 bits per heavy atom. The zero-order chi connectivity index (χ0) is 17.8. The molecular weight excluding hydrogens is 328 g/mol. The van der Waals surface area contributed by atoms with Gasteiger partial charge in [0.2, 0.25) is 5.91 Å². The maximum absolute atomic E-state index is 12.3. The van der Waals surface area contributed by atoms with Crippen LogP contribution in [0.15, 0.2) is 10.6 Å². The van der Waals surface area contributed by atoms with Crippen molar-refractivity contribution < 1.29 is 19.8 Å². The van der Waals surface area contributed by atoms with Gasteiger partial charge in [-0.05, 0) is 26.8 Å². The van der Waals surface area contributed by atoms with Crippen LogP contribution in [0.25, 0.3) is 0 Å². The number of carbonyl (C=O) groups excluding carboxylic acids is 1. The van der Waals surface area contributed by atoms with Gasteiger partial charge in [0.1, 0.15) is 5.70 Å². The topological polar surface area (TPSA) is 81.1 Å². The molecule has 0 aromatic heterocycles. The first kappa shape index (κ1) is 17.8. The number of aliphatic carboxylic acids is 1. The number of fused-ring (bicyclic) bond motifs is 1. The van der Waals surface area contributed by atoms with Crippen LogP contribution in [0.3, 0.4) is 0 Å². The lowest BCUT2D eigenvalue weighted by atomic mass is 9.79. The molecule has 7 heteroatoms. The van der Waals surface area contributed by atoms with Gasteiger partial charge >= 0.3 is 5.97 Å². The molecule has 0 unspecified atom stereocenters. The molecule has 3 aliphatic rings. The fourth-order valence-corrected chi connectivity index (χ4v) is 6.09. The second-order valence-electron chi connectivity index (χ2n) is 7.25. The average molecular weight is 354 g/mol. The lowest BCUT2D eigenvalue weighted by molar-refractivity contribution is -0.163. The molecule has 6 nitrogen and oxygen atoms in total. The van der Waals surface area contributed by atoms with Gasteiger partial charge in [0.05, 0.1) is 18.1 Å². The van der Waals surface area contributed by atoms with Crippen molar-refractivity contribution in [1.82, 2.24) is 9.80 Å². The van der Waals surface area contributed by atoms with Gasteiger partial charge in [0.15, 0.2) is 0 Å². The molecule has 0 bridgehead atoms. The molecular formula is C17H26N2O4S. The molecule has 2 saturated heterocycles. The number of aliphatic hydroxyl groups is 1. The first-order valence-electron chi connectivity index (χ1n) is 8.63. The predicted molar refractivity (Wildman–Crippen MR) is 92.3 cm³/mol. The Balaban J connectivity index is 1.84. The first-order chi connectivity index (χ1) is 11.3. The van der Waals surface area contributed by atoms with Crippen LogP contribution in [0.1, 0.15) is 33.6 Å². The standard InChI is InChI=1S/C17H26N2O4S/c1-5-10-6-11(7-18(10)4)24-15-8(2)13-12(9(3)20)16(21)19(13)14(15)17(22)23/h8-13,20H,5-7H2,1-4H3,(H,22,23)/t8-,9-,10-,11+,12-,13-/m1/s1. The number of nitrogens with zero attached hydrogens (tertiary/aromatic N) is 2. The van der Waals surface area contributed by atoms with E-state index in [4.69, 9.17) is 0 Å². The second-order valence-corrected chi connectivity index (χ2v) is 8.59. The maximum Gasteiger partial charge on any atom is 0.353 e. The van der Waals surface area contributed by atoms with Crippen LogP contribution in [0, 0.1) is 11.8 Å². The summed E-state index contributed by atoms with van der Waals surface area (Å²) >= 11 is 1.63. The molecule has 3 rings (SSSR count). The Kier molecular flexibility index (Phi) is 4.70. The summed E-state index contributed by atoms with van der Waals surface area (Å²) < 4.78 is 0. The Labute approximate surface area is 146 Å². The van der Waals surface area contributed by atoms with E-state index in [1.807, 2.05) is 6.92 Å². The van der Waals surface area contributed by atoms with Gasteiger partial charge in [-0.25, -0.2) is 4.79 Å². The van der Waals surface area contributed by atoms with Crippen LogP contribution in [-0.2, 0) is 9.59 Å². The highest BCUT2D eigenvalue weighted by atomic mass is 32.2. The maximum atomic E-state index is 12.3. The van der Waals surface area contributed by atoms with Crippen LogP contribution >= 0.6 is 11.8 Å². The molecule has 134 valence electrons. The lowest BCUT2D eigenvalue weighted by Gasteiger charge is -2.46. The molecule has 24 heavy (non-hydrogen) atoms. The monoisotopic (exact) mass is 354 g/mol. The van der Waals surface area contributed by atoms with Crippen molar-refractivity contribution in [3.05, 3.63) is 10.6 Å². The highest BCUT2D eigenvalue weighted by molar-refractivity contribution is 8.03. The number of hydrogen-bond donors (Lipinski definition) is 2. The van der Waals surface area contributed by atoms with E-state index in [9.17, 15) is 19.8 Å². The van der Waals surface area contributed by atoms with Crippen molar-refractivity contribution >= 4 is 23.6 Å². The zero-order valence-electron chi connectivity index (χ0n) is 14.6. The van der Waals surface area contributed by atoms with Crippen LogP contribution < -0.4 is 0 Å². The number of likely N-dealkylation sites (tertiary alicyclic amines) is 1. The van der Waals surface area contributed by atoms with Gasteiger partial charge in [-0.3, -0.25) is 4.79 Å². The molecule has 6 atom stereocenters. The predicted octanol–water partition coefficient (Wildman–Crippen LogP) is 1.36. The number of carboxylic acid groups (broad SMARTS) is 1. The number of thioether (sulfide) groups is 1. The van der Waals surface area contributed by atoms with E-state index in [0.29, 0.717) is 11.3 Å². The fourth-order valence-electron chi connectivity index (χ4n) is 4.45. The van der Waals surface area contributed by atoms with E-state index >= 15 is 0 Å². The molecule has 3 aliphatic heterocycles. The Morgan fingerprint density at radius 3 is 2.62 bits per heavy atom. The van der Waals surface area contributed by atoms with Crippen molar-refractivity contribution in [1.29, 1.82) is 0 Å². The molecule has 1 amide bonds. The lowest BCUT2D eigenvalue weighted by Crippen LogP contribution is -2.63. The van der Waals surface area contributed by atoms with Crippen molar-refractivity contribution in [2.24, 2.45) is 11.8 Å². The molecule has 0 aromatic rings. The van der Waals surface area contributed by atoms with E-state index in [1.165, 1.54) is 4.90 Å². The first-order valence-corrected chi connectivity index (χ1v) is 9.51. The average Bonchev–Trinajstić information content (AvgIpc) is 2.96. The number of rotatable bonds is 5. The minimum atomic E-state index is -1.04. The van der Waals surface area contributed by atoms with E-state index in [1.54, 1.807) is 18.7 Å². The van der Waals surface area contributed by atoms with Gasteiger partial charge in [-0.2, -0.15) is 0 Å². The summed E-state index contributed by atoms with van der Waals surface area (Å²) in [7, 11) is 2.11. The van der Waals surface area contributed by atoms with Crippen molar-refractivity contribution in [2.75, 3.05) is 13.6 Å². The molecule has 0 spiro atoms. The number of β-lactam (4-membered cyclic amide) rings is 1. The number of amides is 1. The molecule has 2 N–H and O–H groups in total. The van der Waals surface area contributed by atoms with E-state index in [0.717, 1.165) is 24.3 Å². The fraction of sp³-hybridized carbons (Fsp3) is 0.765. The Hall–Kier alpha value is -1.05. The van der Waals surface area contributed by atoms with E-state index in [2.05, 4.69) is 18.9 Å². The number of aliphatic hydroxyl groups excluding tert-OH is 1. The van der Waals surface area contributed by atoms with Gasteiger partial charge in [-0.15, -0.1) is 11.8 Å². The molecule has 2 fully saturated rings. The molecule has 0 aliphatic carbocycles. The molecule has 0 aromatic carbocycles. The molecule has 0 radical (unpaired) electrons.